The molecule has 1 amide bonds. The van der Waals surface area contributed by atoms with E-state index < -0.39 is 0 Å². The zero-order valence-corrected chi connectivity index (χ0v) is 17.0. The minimum absolute atomic E-state index is 0.104. The van der Waals surface area contributed by atoms with Gasteiger partial charge < -0.3 is 14.8 Å². The summed E-state index contributed by atoms with van der Waals surface area (Å²) < 4.78 is 0. The van der Waals surface area contributed by atoms with Crippen molar-refractivity contribution < 1.29 is 4.79 Å². The molecule has 1 N–H and O–H groups in total. The van der Waals surface area contributed by atoms with Crippen LogP contribution in [0.25, 0.3) is 22.0 Å². The number of rotatable bonds is 3. The van der Waals surface area contributed by atoms with Crippen molar-refractivity contribution in [1.82, 2.24) is 14.9 Å². The third kappa shape index (κ3) is 3.80. The number of nitrogens with one attached hydrogen (secondary N) is 1. The van der Waals surface area contributed by atoms with Gasteiger partial charge in [-0.15, -0.1) is 0 Å². The van der Waals surface area contributed by atoms with Crippen molar-refractivity contribution >= 4 is 22.6 Å². The highest BCUT2D eigenvalue weighted by Gasteiger charge is 2.24. The molecule has 0 aliphatic carbocycles. The van der Waals surface area contributed by atoms with E-state index in [4.69, 9.17) is 0 Å². The van der Waals surface area contributed by atoms with Gasteiger partial charge in [0.2, 0.25) is 5.56 Å². The Kier molecular flexibility index (Phi) is 4.96. The number of aromatic nitrogens is 2. The maximum Gasteiger partial charge on any atom is 0.254 e. The molecule has 154 valence electrons. The van der Waals surface area contributed by atoms with Crippen LogP contribution in [0.5, 0.6) is 0 Å². The van der Waals surface area contributed by atoms with E-state index >= 15 is 0 Å². The third-order valence-corrected chi connectivity index (χ3v) is 5.72. The molecule has 5 rings (SSSR count). The highest BCUT2D eigenvalue weighted by atomic mass is 16.2. The Hall–Kier alpha value is -3.93. The van der Waals surface area contributed by atoms with Crippen molar-refractivity contribution in [3.8, 4) is 11.1 Å². The number of para-hydroxylation sites is 1. The van der Waals surface area contributed by atoms with Gasteiger partial charge in [0.15, 0.2) is 0 Å². The highest BCUT2D eigenvalue weighted by Crippen LogP contribution is 2.24. The standard InChI is InChI=1S/C25H22N4O2/c30-24-17-21(20-8-4-5-9-22(20)27-24)25(31)29-14-12-28(13-15-29)23-16-19(10-11-26-23)18-6-2-1-3-7-18/h1-11,16-17H,12-15H2,(H,27,30). The zero-order valence-electron chi connectivity index (χ0n) is 17.0. The monoisotopic (exact) mass is 410 g/mol. The molecule has 2 aromatic carbocycles. The number of carbonyl (C=O) groups excluding carboxylic acids is 1. The number of carbonyl (C=O) groups is 1. The van der Waals surface area contributed by atoms with Crippen LogP contribution in [-0.2, 0) is 0 Å². The van der Waals surface area contributed by atoms with Crippen molar-refractivity contribution in [2.75, 3.05) is 31.1 Å². The van der Waals surface area contributed by atoms with Gasteiger partial charge in [0.25, 0.3) is 5.91 Å². The van der Waals surface area contributed by atoms with Crippen LogP contribution in [0.2, 0.25) is 0 Å². The number of piperazine rings is 1. The Morgan fingerprint density at radius 1 is 0.839 bits per heavy atom. The van der Waals surface area contributed by atoms with E-state index in [1.165, 1.54) is 6.07 Å². The van der Waals surface area contributed by atoms with E-state index in [0.29, 0.717) is 37.3 Å². The average molecular weight is 410 g/mol. The molecular weight excluding hydrogens is 388 g/mol. The topological polar surface area (TPSA) is 69.3 Å². The summed E-state index contributed by atoms with van der Waals surface area (Å²) in [4.78, 5) is 36.6. The lowest BCUT2D eigenvalue weighted by molar-refractivity contribution is 0.0748. The van der Waals surface area contributed by atoms with Crippen LogP contribution in [0.15, 0.2) is 83.8 Å². The number of hydrogen-bond acceptors (Lipinski definition) is 4. The predicted molar refractivity (Wildman–Crippen MR) is 122 cm³/mol. The Morgan fingerprint density at radius 2 is 1.58 bits per heavy atom. The largest absolute Gasteiger partial charge is 0.353 e. The van der Waals surface area contributed by atoms with E-state index in [9.17, 15) is 9.59 Å². The summed E-state index contributed by atoms with van der Waals surface area (Å²) >= 11 is 0. The normalized spacial score (nSPS) is 14.1. The molecular formula is C25H22N4O2. The molecule has 0 radical (unpaired) electrons. The summed E-state index contributed by atoms with van der Waals surface area (Å²) in [6, 6.07) is 23.1. The summed E-state index contributed by atoms with van der Waals surface area (Å²) in [5.41, 5.74) is 3.15. The first kappa shape index (κ1) is 19.1. The van der Waals surface area contributed by atoms with Crippen LogP contribution in [0.4, 0.5) is 5.82 Å². The third-order valence-electron chi connectivity index (χ3n) is 5.72. The first-order valence-corrected chi connectivity index (χ1v) is 10.4. The molecule has 1 aliphatic rings. The summed E-state index contributed by atoms with van der Waals surface area (Å²) in [6.07, 6.45) is 1.83. The number of fused-ring (bicyclic) bond motifs is 1. The van der Waals surface area contributed by atoms with Crippen LogP contribution < -0.4 is 10.5 Å². The molecule has 0 spiro atoms. The van der Waals surface area contributed by atoms with Crippen LogP contribution in [0.1, 0.15) is 10.4 Å². The second-order valence-electron chi connectivity index (χ2n) is 7.64. The van der Waals surface area contributed by atoms with E-state index in [1.807, 2.05) is 59.6 Å². The van der Waals surface area contributed by atoms with Gasteiger partial charge >= 0.3 is 0 Å². The maximum absolute atomic E-state index is 13.2. The van der Waals surface area contributed by atoms with Gasteiger partial charge in [0.1, 0.15) is 5.82 Å². The first-order chi connectivity index (χ1) is 15.2. The molecule has 6 heteroatoms. The fraction of sp³-hybridized carbons (Fsp3) is 0.160. The van der Waals surface area contributed by atoms with Gasteiger partial charge in [-0.2, -0.15) is 0 Å². The van der Waals surface area contributed by atoms with Crippen LogP contribution in [0.3, 0.4) is 0 Å². The molecule has 0 unspecified atom stereocenters. The van der Waals surface area contributed by atoms with Gasteiger partial charge in [-0.1, -0.05) is 48.5 Å². The number of benzene rings is 2. The lowest BCUT2D eigenvalue weighted by atomic mass is 10.1. The molecule has 4 aromatic rings. The van der Waals surface area contributed by atoms with E-state index in [1.54, 1.807) is 0 Å². The second kappa shape index (κ2) is 8.07. The molecule has 1 saturated heterocycles. The lowest BCUT2D eigenvalue weighted by Gasteiger charge is -2.35. The summed E-state index contributed by atoms with van der Waals surface area (Å²) in [7, 11) is 0. The second-order valence-corrected chi connectivity index (χ2v) is 7.64. The molecule has 0 bridgehead atoms. The Morgan fingerprint density at radius 3 is 2.39 bits per heavy atom. The van der Waals surface area contributed by atoms with Crippen molar-refractivity contribution in [1.29, 1.82) is 0 Å². The maximum atomic E-state index is 13.2. The first-order valence-electron chi connectivity index (χ1n) is 10.4. The van der Waals surface area contributed by atoms with Gasteiger partial charge in [-0.05, 0) is 29.3 Å². The number of H-pyrrole nitrogens is 1. The summed E-state index contributed by atoms with van der Waals surface area (Å²) in [5.74, 6) is 0.808. The molecule has 0 saturated carbocycles. The molecule has 31 heavy (non-hydrogen) atoms. The fourth-order valence-electron chi connectivity index (χ4n) is 4.09. The number of anilines is 1. The molecule has 2 aromatic heterocycles. The van der Waals surface area contributed by atoms with Crippen molar-refractivity contribution in [2.45, 2.75) is 0 Å². The smallest absolute Gasteiger partial charge is 0.254 e. The van der Waals surface area contributed by atoms with Crippen molar-refractivity contribution in [3.05, 3.63) is 94.9 Å². The van der Waals surface area contributed by atoms with Gasteiger partial charge in [-0.25, -0.2) is 4.98 Å². The van der Waals surface area contributed by atoms with Crippen LogP contribution >= 0.6 is 0 Å². The fourth-order valence-corrected chi connectivity index (χ4v) is 4.09. The number of hydrogen-bond donors (Lipinski definition) is 1. The van der Waals surface area contributed by atoms with Gasteiger partial charge in [-0.3, -0.25) is 9.59 Å². The summed E-state index contributed by atoms with van der Waals surface area (Å²) in [6.45, 7) is 2.55. The predicted octanol–water partition coefficient (Wildman–Crippen LogP) is 3.55. The van der Waals surface area contributed by atoms with Crippen LogP contribution in [-0.4, -0.2) is 47.0 Å². The highest BCUT2D eigenvalue weighted by molar-refractivity contribution is 6.06. The molecule has 6 nitrogen and oxygen atoms in total. The van der Waals surface area contributed by atoms with Gasteiger partial charge in [0.05, 0.1) is 5.56 Å². The Balaban J connectivity index is 1.34. The quantitative estimate of drug-likeness (QED) is 0.561. The average Bonchev–Trinajstić information content (AvgIpc) is 2.84. The van der Waals surface area contributed by atoms with Crippen molar-refractivity contribution in [3.63, 3.8) is 0 Å². The number of aromatic amines is 1. The summed E-state index contributed by atoms with van der Waals surface area (Å²) in [5, 5.41) is 0.770. The molecule has 1 fully saturated rings. The van der Waals surface area contributed by atoms with Crippen LogP contribution in [0, 0.1) is 0 Å². The number of nitrogens with zero attached hydrogens (tertiary/aromatic N) is 3. The van der Waals surface area contributed by atoms with E-state index in [0.717, 1.165) is 22.3 Å². The molecule has 1 aliphatic heterocycles. The minimum Gasteiger partial charge on any atom is -0.353 e. The Bertz CT molecular complexity index is 1290. The van der Waals surface area contributed by atoms with Gasteiger partial charge in [0, 0.05) is 49.3 Å². The van der Waals surface area contributed by atoms with E-state index in [2.05, 4.69) is 33.1 Å². The lowest BCUT2D eigenvalue weighted by Crippen LogP contribution is -2.49. The van der Waals surface area contributed by atoms with Crippen molar-refractivity contribution in [2.24, 2.45) is 0 Å². The number of pyridine rings is 2. The van der Waals surface area contributed by atoms with E-state index in [-0.39, 0.29) is 11.5 Å². The number of amides is 1. The minimum atomic E-state index is -0.261. The zero-order chi connectivity index (χ0) is 21.2. The molecule has 3 heterocycles. The SMILES string of the molecule is O=C(c1cc(=O)[nH]c2ccccc12)N1CCN(c2cc(-c3ccccc3)ccn2)CC1. The molecule has 0 atom stereocenters. The Labute approximate surface area is 179 Å².